The molecule has 0 unspecified atom stereocenters. The Kier molecular flexibility index (Phi) is 6.95. The molecule has 0 aliphatic carbocycles. The van der Waals surface area contributed by atoms with E-state index in [1.165, 1.54) is 0 Å². The maximum absolute atomic E-state index is 12.7. The molecular weight excluding hydrogens is 406 g/mol. The van der Waals surface area contributed by atoms with Gasteiger partial charge in [-0.25, -0.2) is 15.0 Å². The number of nitrogens with two attached hydrogens (primary N) is 1. The summed E-state index contributed by atoms with van der Waals surface area (Å²) in [6, 6.07) is 7.32. The molecule has 0 atom stereocenters. The largest absolute Gasteiger partial charge is 0.345 e. The standard InChI is InChI=1S/C21H24ClN5OS/c1-12(2)6-18-19(25-11-29-18)17-7-13(3)26-20(27-17)21(28)24-10-15-8-16(22)5-4-14(15)9-23/h4-5,7-8,11-12H,6,9-10,23H2,1-3H3,(H,24,28). The van der Waals surface area contributed by atoms with Gasteiger partial charge in [0.25, 0.3) is 5.91 Å². The van der Waals surface area contributed by atoms with Crippen molar-refractivity contribution in [3.63, 3.8) is 0 Å². The maximum atomic E-state index is 12.7. The molecule has 2 aromatic heterocycles. The number of benzene rings is 1. The number of aromatic nitrogens is 3. The second-order valence-corrected chi connectivity index (χ2v) is 8.62. The first kappa shape index (κ1) is 21.4. The Bertz CT molecular complexity index is 1020. The fraction of sp³-hybridized carbons (Fsp3) is 0.333. The van der Waals surface area contributed by atoms with Crippen LogP contribution in [-0.2, 0) is 19.5 Å². The third kappa shape index (κ3) is 5.38. The lowest BCUT2D eigenvalue weighted by molar-refractivity contribution is 0.0940. The van der Waals surface area contributed by atoms with Gasteiger partial charge in [-0.2, -0.15) is 0 Å². The molecule has 0 radical (unpaired) electrons. The summed E-state index contributed by atoms with van der Waals surface area (Å²) in [6.07, 6.45) is 0.918. The molecule has 3 aromatic rings. The highest BCUT2D eigenvalue weighted by Gasteiger charge is 2.17. The number of hydrogen-bond donors (Lipinski definition) is 2. The third-order valence-electron chi connectivity index (χ3n) is 4.36. The van der Waals surface area contributed by atoms with E-state index in [1.807, 2.05) is 24.6 Å². The van der Waals surface area contributed by atoms with E-state index in [1.54, 1.807) is 23.5 Å². The summed E-state index contributed by atoms with van der Waals surface area (Å²) < 4.78 is 0. The van der Waals surface area contributed by atoms with E-state index in [9.17, 15) is 4.79 Å². The number of aryl methyl sites for hydroxylation is 1. The Morgan fingerprint density at radius 2 is 2.03 bits per heavy atom. The van der Waals surface area contributed by atoms with Gasteiger partial charge in [-0.1, -0.05) is 31.5 Å². The first-order valence-corrected chi connectivity index (χ1v) is 10.7. The fourth-order valence-corrected chi connectivity index (χ4v) is 4.18. The highest BCUT2D eigenvalue weighted by atomic mass is 35.5. The minimum absolute atomic E-state index is 0.125. The number of amides is 1. The fourth-order valence-electron chi connectivity index (χ4n) is 3.00. The number of carbonyl (C=O) groups excluding carboxylic acids is 1. The van der Waals surface area contributed by atoms with Crippen molar-refractivity contribution in [3.8, 4) is 11.4 Å². The van der Waals surface area contributed by atoms with Crippen molar-refractivity contribution in [2.45, 2.75) is 40.3 Å². The molecule has 1 aromatic carbocycles. The molecule has 0 aliphatic heterocycles. The van der Waals surface area contributed by atoms with Gasteiger partial charge in [-0.05, 0) is 48.6 Å². The molecule has 0 fully saturated rings. The number of hydrogen-bond acceptors (Lipinski definition) is 6. The molecule has 8 heteroatoms. The van der Waals surface area contributed by atoms with E-state index < -0.39 is 0 Å². The van der Waals surface area contributed by atoms with Gasteiger partial charge in [-0.15, -0.1) is 11.3 Å². The van der Waals surface area contributed by atoms with Crippen molar-refractivity contribution in [3.05, 3.63) is 62.3 Å². The summed E-state index contributed by atoms with van der Waals surface area (Å²) in [6.45, 7) is 6.85. The summed E-state index contributed by atoms with van der Waals surface area (Å²) in [4.78, 5) is 27.2. The smallest absolute Gasteiger partial charge is 0.289 e. The van der Waals surface area contributed by atoms with Crippen LogP contribution in [0.15, 0.2) is 29.8 Å². The molecule has 29 heavy (non-hydrogen) atoms. The second-order valence-electron chi connectivity index (χ2n) is 7.24. The van der Waals surface area contributed by atoms with Crippen LogP contribution in [0.25, 0.3) is 11.4 Å². The Morgan fingerprint density at radius 3 is 2.76 bits per heavy atom. The molecule has 3 N–H and O–H groups in total. The van der Waals surface area contributed by atoms with E-state index >= 15 is 0 Å². The van der Waals surface area contributed by atoms with Gasteiger partial charge in [-0.3, -0.25) is 4.79 Å². The number of nitrogens with one attached hydrogen (secondary N) is 1. The zero-order valence-corrected chi connectivity index (χ0v) is 18.3. The molecule has 0 saturated carbocycles. The van der Waals surface area contributed by atoms with Gasteiger partial charge >= 0.3 is 0 Å². The van der Waals surface area contributed by atoms with Crippen LogP contribution in [0, 0.1) is 12.8 Å². The Morgan fingerprint density at radius 1 is 1.24 bits per heavy atom. The Balaban J connectivity index is 1.82. The van der Waals surface area contributed by atoms with Gasteiger partial charge in [0.2, 0.25) is 5.82 Å². The minimum Gasteiger partial charge on any atom is -0.345 e. The van der Waals surface area contributed by atoms with Crippen molar-refractivity contribution in [2.75, 3.05) is 0 Å². The molecule has 2 heterocycles. The summed E-state index contributed by atoms with van der Waals surface area (Å²) in [5.41, 5.74) is 11.6. The first-order valence-electron chi connectivity index (χ1n) is 9.41. The number of carbonyl (C=O) groups is 1. The first-order chi connectivity index (χ1) is 13.9. The van der Waals surface area contributed by atoms with Crippen molar-refractivity contribution < 1.29 is 4.79 Å². The van der Waals surface area contributed by atoms with Crippen molar-refractivity contribution in [2.24, 2.45) is 11.7 Å². The van der Waals surface area contributed by atoms with E-state index in [0.717, 1.165) is 28.1 Å². The SMILES string of the molecule is Cc1cc(-c2ncsc2CC(C)C)nc(C(=O)NCc2cc(Cl)ccc2CN)n1. The molecule has 0 spiro atoms. The van der Waals surface area contributed by atoms with E-state index in [2.05, 4.69) is 34.1 Å². The zero-order chi connectivity index (χ0) is 21.0. The van der Waals surface area contributed by atoms with Crippen LogP contribution in [0.4, 0.5) is 0 Å². The van der Waals surface area contributed by atoms with Gasteiger partial charge in [0.1, 0.15) is 5.69 Å². The average molecular weight is 430 g/mol. The molecule has 0 saturated heterocycles. The lowest BCUT2D eigenvalue weighted by atomic mass is 10.1. The van der Waals surface area contributed by atoms with Crippen LogP contribution < -0.4 is 11.1 Å². The van der Waals surface area contributed by atoms with Crippen LogP contribution >= 0.6 is 22.9 Å². The van der Waals surface area contributed by atoms with Gasteiger partial charge in [0, 0.05) is 28.7 Å². The number of rotatable bonds is 7. The summed E-state index contributed by atoms with van der Waals surface area (Å²) in [7, 11) is 0. The Hall–Kier alpha value is -2.35. The lowest BCUT2D eigenvalue weighted by Crippen LogP contribution is -2.26. The highest BCUT2D eigenvalue weighted by Crippen LogP contribution is 2.27. The molecule has 1 amide bonds. The van der Waals surface area contributed by atoms with Crippen molar-refractivity contribution in [1.29, 1.82) is 0 Å². The number of nitrogens with zero attached hydrogens (tertiary/aromatic N) is 3. The van der Waals surface area contributed by atoms with Crippen LogP contribution in [0.1, 0.15) is 46.2 Å². The van der Waals surface area contributed by atoms with Crippen LogP contribution in [0.3, 0.4) is 0 Å². The monoisotopic (exact) mass is 429 g/mol. The molecule has 3 rings (SSSR count). The van der Waals surface area contributed by atoms with Gasteiger partial charge in [0.05, 0.1) is 11.2 Å². The van der Waals surface area contributed by atoms with Gasteiger partial charge in [0.15, 0.2) is 0 Å². The topological polar surface area (TPSA) is 93.8 Å². The molecule has 0 bridgehead atoms. The number of thiazole rings is 1. The van der Waals surface area contributed by atoms with Crippen molar-refractivity contribution >= 4 is 28.8 Å². The van der Waals surface area contributed by atoms with Crippen LogP contribution in [0.5, 0.6) is 0 Å². The van der Waals surface area contributed by atoms with Crippen LogP contribution in [0.2, 0.25) is 5.02 Å². The zero-order valence-electron chi connectivity index (χ0n) is 16.7. The molecular formula is C21H24ClN5OS. The Labute approximate surface area is 179 Å². The molecule has 0 aliphatic rings. The molecule has 6 nitrogen and oxygen atoms in total. The van der Waals surface area contributed by atoms with E-state index in [4.69, 9.17) is 17.3 Å². The van der Waals surface area contributed by atoms with Crippen molar-refractivity contribution in [1.82, 2.24) is 20.3 Å². The second kappa shape index (κ2) is 9.43. The third-order valence-corrected chi connectivity index (χ3v) is 5.45. The predicted molar refractivity (Wildman–Crippen MR) is 117 cm³/mol. The minimum atomic E-state index is -0.349. The van der Waals surface area contributed by atoms with E-state index in [0.29, 0.717) is 35.4 Å². The summed E-state index contributed by atoms with van der Waals surface area (Å²) >= 11 is 7.68. The van der Waals surface area contributed by atoms with Gasteiger partial charge < -0.3 is 11.1 Å². The maximum Gasteiger partial charge on any atom is 0.289 e. The summed E-state index contributed by atoms with van der Waals surface area (Å²) in [5.74, 6) is 0.285. The quantitative estimate of drug-likeness (QED) is 0.588. The predicted octanol–water partition coefficient (Wildman–Crippen LogP) is 4.15. The number of halogens is 1. The highest BCUT2D eigenvalue weighted by molar-refractivity contribution is 7.10. The molecule has 152 valence electrons. The average Bonchev–Trinajstić information content (AvgIpc) is 3.13. The summed E-state index contributed by atoms with van der Waals surface area (Å²) in [5, 5.41) is 3.47. The lowest BCUT2D eigenvalue weighted by Gasteiger charge is -2.11. The normalized spacial score (nSPS) is 11.1. The van der Waals surface area contributed by atoms with E-state index in [-0.39, 0.29) is 11.7 Å². The van der Waals surface area contributed by atoms with Crippen LogP contribution in [-0.4, -0.2) is 20.9 Å².